The van der Waals surface area contributed by atoms with Crippen LogP contribution in [-0.2, 0) is 0 Å². The van der Waals surface area contributed by atoms with Crippen LogP contribution in [-0.4, -0.2) is 5.78 Å². The van der Waals surface area contributed by atoms with Crippen molar-refractivity contribution in [3.05, 3.63) is 47.5 Å². The zero-order valence-electron chi connectivity index (χ0n) is 11.4. The highest BCUT2D eigenvalue weighted by Crippen LogP contribution is 2.04. The molecule has 0 saturated carbocycles. The van der Waals surface area contributed by atoms with Crippen LogP contribution in [0.2, 0.25) is 0 Å². The highest BCUT2D eigenvalue weighted by Gasteiger charge is 1.98. The van der Waals surface area contributed by atoms with Gasteiger partial charge in [-0.3, -0.25) is 4.79 Å². The summed E-state index contributed by atoms with van der Waals surface area (Å²) < 4.78 is 0. The maximum atomic E-state index is 11.3. The second-order valence-electron chi connectivity index (χ2n) is 2.73. The van der Waals surface area contributed by atoms with Gasteiger partial charge in [0.25, 0.3) is 0 Å². The first-order valence-corrected chi connectivity index (χ1v) is 5.97. The minimum atomic E-state index is 0.0671. The average Bonchev–Trinajstić information content (AvgIpc) is 2.35. The molecule has 16 heavy (non-hydrogen) atoms. The Morgan fingerprint density at radius 2 is 1.44 bits per heavy atom. The van der Waals surface area contributed by atoms with Crippen LogP contribution in [0.15, 0.2) is 36.4 Å². The number of carbonyl (C=O) groups excluding carboxylic acids is 1. The largest absolute Gasteiger partial charge is 0.289 e. The van der Waals surface area contributed by atoms with E-state index in [1.54, 1.807) is 12.2 Å². The molecule has 0 saturated heterocycles. The fraction of sp³-hybridized carbons (Fsp3) is 0.400. The molecule has 0 bridgehead atoms. The lowest BCUT2D eigenvalue weighted by molar-refractivity contribution is 0.104. The summed E-state index contributed by atoms with van der Waals surface area (Å²) in [6.07, 6.45) is 3.33. The second-order valence-corrected chi connectivity index (χ2v) is 2.73. The van der Waals surface area contributed by atoms with Crippen molar-refractivity contribution in [3.8, 4) is 0 Å². The van der Waals surface area contributed by atoms with E-state index >= 15 is 0 Å². The summed E-state index contributed by atoms with van der Waals surface area (Å²) in [5.74, 6) is 0.0671. The number of aryl methyl sites for hydroxylation is 1. The fourth-order valence-electron chi connectivity index (χ4n) is 0.965. The number of allylic oxidation sites excluding steroid dienone is 2. The zero-order chi connectivity index (χ0) is 13.0. The molecule has 0 radical (unpaired) electrons. The monoisotopic (exact) mass is 220 g/mol. The zero-order valence-corrected chi connectivity index (χ0v) is 11.4. The predicted molar refractivity (Wildman–Crippen MR) is 73.0 cm³/mol. The molecule has 0 amide bonds. The number of ketones is 1. The summed E-state index contributed by atoms with van der Waals surface area (Å²) >= 11 is 0. The number of carbonyl (C=O) groups is 1. The fourth-order valence-corrected chi connectivity index (χ4v) is 0.965. The topological polar surface area (TPSA) is 17.1 Å². The molecule has 1 aromatic carbocycles. The minimum Gasteiger partial charge on any atom is -0.289 e. The van der Waals surface area contributed by atoms with Crippen LogP contribution >= 0.6 is 0 Å². The highest BCUT2D eigenvalue weighted by atomic mass is 16.1. The Balaban J connectivity index is 0. The molecule has 0 aliphatic rings. The molecule has 0 spiro atoms. The Labute approximate surface area is 100 Å². The van der Waals surface area contributed by atoms with E-state index in [0.29, 0.717) is 0 Å². The molecule has 1 heteroatoms. The van der Waals surface area contributed by atoms with E-state index in [9.17, 15) is 4.79 Å². The van der Waals surface area contributed by atoms with Crippen molar-refractivity contribution in [1.82, 2.24) is 0 Å². The van der Waals surface area contributed by atoms with Gasteiger partial charge in [-0.05, 0) is 19.9 Å². The van der Waals surface area contributed by atoms with E-state index in [1.165, 1.54) is 5.56 Å². The van der Waals surface area contributed by atoms with Crippen molar-refractivity contribution in [2.24, 2.45) is 0 Å². The lowest BCUT2D eigenvalue weighted by Gasteiger charge is -1.95. The molecule has 0 unspecified atom stereocenters. The number of rotatable bonds is 2. The maximum Gasteiger partial charge on any atom is 0.185 e. The third kappa shape index (κ3) is 6.99. The van der Waals surface area contributed by atoms with Gasteiger partial charge in [0.15, 0.2) is 5.78 Å². The third-order valence-electron chi connectivity index (χ3n) is 1.65. The van der Waals surface area contributed by atoms with E-state index in [-0.39, 0.29) is 5.78 Å². The SMILES string of the molecule is C/C=C/C(=O)c1ccc(C)cc1.CC.CC. The molecule has 1 aromatic rings. The molecule has 0 heterocycles. The number of benzene rings is 1. The van der Waals surface area contributed by atoms with E-state index in [2.05, 4.69) is 0 Å². The van der Waals surface area contributed by atoms with Crippen LogP contribution in [0.1, 0.15) is 50.5 Å². The van der Waals surface area contributed by atoms with Gasteiger partial charge < -0.3 is 0 Å². The van der Waals surface area contributed by atoms with Gasteiger partial charge in [0.2, 0.25) is 0 Å². The number of hydrogen-bond acceptors (Lipinski definition) is 1. The molecule has 1 nitrogen and oxygen atoms in total. The highest BCUT2D eigenvalue weighted by molar-refractivity contribution is 6.04. The first kappa shape index (κ1) is 17.0. The van der Waals surface area contributed by atoms with Crippen LogP contribution in [0.3, 0.4) is 0 Å². The number of hydrogen-bond donors (Lipinski definition) is 0. The summed E-state index contributed by atoms with van der Waals surface area (Å²) in [5.41, 5.74) is 1.92. The molecular formula is C15H24O. The van der Waals surface area contributed by atoms with Crippen molar-refractivity contribution in [2.45, 2.75) is 41.5 Å². The second kappa shape index (κ2) is 11.7. The van der Waals surface area contributed by atoms with Gasteiger partial charge in [0, 0.05) is 5.56 Å². The lowest BCUT2D eigenvalue weighted by atomic mass is 10.1. The molecule has 1 rings (SSSR count). The van der Waals surface area contributed by atoms with Crippen LogP contribution in [0.4, 0.5) is 0 Å². The van der Waals surface area contributed by atoms with Gasteiger partial charge in [-0.2, -0.15) is 0 Å². The van der Waals surface area contributed by atoms with E-state index in [4.69, 9.17) is 0 Å². The van der Waals surface area contributed by atoms with Crippen molar-refractivity contribution >= 4 is 5.78 Å². The molecule has 0 aliphatic carbocycles. The molecule has 0 aliphatic heterocycles. The standard InChI is InChI=1S/C11H12O.2C2H6/c1-3-4-11(12)10-7-5-9(2)6-8-10;2*1-2/h3-8H,1-2H3;2*1-2H3/b4-3+;;. The van der Waals surface area contributed by atoms with Crippen molar-refractivity contribution < 1.29 is 4.79 Å². The van der Waals surface area contributed by atoms with Crippen molar-refractivity contribution in [2.75, 3.05) is 0 Å². The van der Waals surface area contributed by atoms with Crippen LogP contribution in [0.5, 0.6) is 0 Å². The molecule has 0 fully saturated rings. The Bertz CT molecular complexity index is 294. The Morgan fingerprint density at radius 1 is 1.00 bits per heavy atom. The summed E-state index contributed by atoms with van der Waals surface area (Å²) in [7, 11) is 0. The Kier molecular flexibility index (Phi) is 12.5. The van der Waals surface area contributed by atoms with E-state index in [0.717, 1.165) is 5.56 Å². The van der Waals surface area contributed by atoms with Gasteiger partial charge in [-0.15, -0.1) is 0 Å². The molecule has 0 N–H and O–H groups in total. The first-order chi connectivity index (χ1) is 7.74. The predicted octanol–water partition coefficient (Wildman–Crippen LogP) is 4.81. The Hall–Kier alpha value is -1.37. The molecule has 0 aromatic heterocycles. The van der Waals surface area contributed by atoms with Gasteiger partial charge in [0.05, 0.1) is 0 Å². The van der Waals surface area contributed by atoms with E-state index in [1.807, 2.05) is 65.8 Å². The van der Waals surface area contributed by atoms with Crippen molar-refractivity contribution in [3.63, 3.8) is 0 Å². The van der Waals surface area contributed by atoms with Gasteiger partial charge in [-0.25, -0.2) is 0 Å². The Morgan fingerprint density at radius 3 is 1.81 bits per heavy atom. The smallest absolute Gasteiger partial charge is 0.185 e. The summed E-state index contributed by atoms with van der Waals surface area (Å²) in [4.78, 5) is 11.3. The maximum absolute atomic E-state index is 11.3. The molecule has 90 valence electrons. The first-order valence-electron chi connectivity index (χ1n) is 5.97. The average molecular weight is 220 g/mol. The van der Waals surface area contributed by atoms with Crippen LogP contribution < -0.4 is 0 Å². The minimum absolute atomic E-state index is 0.0671. The molecule has 0 atom stereocenters. The van der Waals surface area contributed by atoms with Gasteiger partial charge in [-0.1, -0.05) is 63.6 Å². The van der Waals surface area contributed by atoms with Crippen molar-refractivity contribution in [1.29, 1.82) is 0 Å². The summed E-state index contributed by atoms with van der Waals surface area (Å²) in [5, 5.41) is 0. The lowest BCUT2D eigenvalue weighted by Crippen LogP contribution is -1.92. The quantitative estimate of drug-likeness (QED) is 0.516. The van der Waals surface area contributed by atoms with Crippen LogP contribution in [0, 0.1) is 6.92 Å². The summed E-state index contributed by atoms with van der Waals surface area (Å²) in [6, 6.07) is 7.57. The van der Waals surface area contributed by atoms with Crippen LogP contribution in [0.25, 0.3) is 0 Å². The van der Waals surface area contributed by atoms with Gasteiger partial charge in [0.1, 0.15) is 0 Å². The van der Waals surface area contributed by atoms with E-state index < -0.39 is 0 Å². The normalized spacial score (nSPS) is 8.62. The van der Waals surface area contributed by atoms with Gasteiger partial charge >= 0.3 is 0 Å². The molecular weight excluding hydrogens is 196 g/mol. The summed E-state index contributed by atoms with van der Waals surface area (Å²) in [6.45, 7) is 11.8. The third-order valence-corrected chi connectivity index (χ3v) is 1.65.